The average molecular weight is 382 g/mol. The summed E-state index contributed by atoms with van der Waals surface area (Å²) in [6.45, 7) is 2.13. The quantitative estimate of drug-likeness (QED) is 0.774. The second kappa shape index (κ2) is 8.21. The maximum atomic E-state index is 12.4. The molecular weight excluding hydrogens is 360 g/mol. The minimum absolute atomic E-state index is 0.0719. The number of fused-ring (bicyclic) bond motifs is 1. The van der Waals surface area contributed by atoms with Gasteiger partial charge < -0.3 is 24.4 Å². The second-order valence-electron chi connectivity index (χ2n) is 6.69. The maximum Gasteiger partial charge on any atom is 0.227 e. The summed E-state index contributed by atoms with van der Waals surface area (Å²) >= 11 is 0. The van der Waals surface area contributed by atoms with Crippen LogP contribution in [-0.4, -0.2) is 44.7 Å². The molecule has 2 heterocycles. The van der Waals surface area contributed by atoms with Crippen LogP contribution in [0.5, 0.6) is 17.2 Å². The summed E-state index contributed by atoms with van der Waals surface area (Å²) in [6.07, 6.45) is 0.194. The molecule has 1 fully saturated rings. The third-order valence-corrected chi connectivity index (χ3v) is 4.75. The fraction of sp³-hybridized carbons (Fsp3) is 0.333. The van der Waals surface area contributed by atoms with Crippen LogP contribution in [0.15, 0.2) is 48.5 Å². The largest absolute Gasteiger partial charge is 0.492 e. The smallest absolute Gasteiger partial charge is 0.227 e. The van der Waals surface area contributed by atoms with Gasteiger partial charge in [-0.3, -0.25) is 9.59 Å². The number of anilines is 1. The molecule has 2 aromatic rings. The van der Waals surface area contributed by atoms with E-state index in [0.717, 1.165) is 11.4 Å². The van der Waals surface area contributed by atoms with E-state index in [4.69, 9.17) is 14.2 Å². The van der Waals surface area contributed by atoms with Gasteiger partial charge in [-0.2, -0.15) is 0 Å². The molecule has 28 heavy (non-hydrogen) atoms. The van der Waals surface area contributed by atoms with Gasteiger partial charge >= 0.3 is 0 Å². The minimum atomic E-state index is -0.377. The first-order valence-corrected chi connectivity index (χ1v) is 9.36. The molecule has 2 aliphatic rings. The monoisotopic (exact) mass is 382 g/mol. The van der Waals surface area contributed by atoms with Crippen LogP contribution in [-0.2, 0) is 9.59 Å². The van der Waals surface area contributed by atoms with E-state index < -0.39 is 0 Å². The predicted molar refractivity (Wildman–Crippen MR) is 103 cm³/mol. The van der Waals surface area contributed by atoms with Gasteiger partial charge in [0.05, 0.1) is 12.5 Å². The molecule has 1 saturated heterocycles. The first-order chi connectivity index (χ1) is 13.7. The van der Waals surface area contributed by atoms with Crippen LogP contribution >= 0.6 is 0 Å². The summed E-state index contributed by atoms with van der Waals surface area (Å²) < 4.78 is 16.7. The van der Waals surface area contributed by atoms with Crippen molar-refractivity contribution in [1.29, 1.82) is 0 Å². The van der Waals surface area contributed by atoms with Crippen LogP contribution in [0.2, 0.25) is 0 Å². The lowest BCUT2D eigenvalue weighted by atomic mass is 10.1. The number of hydrogen-bond donors (Lipinski definition) is 1. The van der Waals surface area contributed by atoms with Crippen molar-refractivity contribution in [2.45, 2.75) is 6.42 Å². The highest BCUT2D eigenvalue weighted by atomic mass is 16.6. The third kappa shape index (κ3) is 4.03. The Morgan fingerprint density at radius 3 is 2.71 bits per heavy atom. The van der Waals surface area contributed by atoms with Crippen LogP contribution in [0.4, 0.5) is 5.69 Å². The summed E-state index contributed by atoms with van der Waals surface area (Å²) in [5.41, 5.74) is 0.719. The van der Waals surface area contributed by atoms with E-state index in [1.54, 1.807) is 17.0 Å². The van der Waals surface area contributed by atoms with E-state index in [9.17, 15) is 9.59 Å². The van der Waals surface area contributed by atoms with Crippen molar-refractivity contribution in [3.8, 4) is 17.2 Å². The second-order valence-corrected chi connectivity index (χ2v) is 6.69. The summed E-state index contributed by atoms with van der Waals surface area (Å²) in [6, 6.07) is 14.8. The Morgan fingerprint density at radius 2 is 1.89 bits per heavy atom. The predicted octanol–water partition coefficient (Wildman–Crippen LogP) is 2.01. The average Bonchev–Trinajstić information content (AvgIpc) is 3.13. The molecule has 0 aromatic heterocycles. The number of rotatable bonds is 6. The van der Waals surface area contributed by atoms with E-state index in [-0.39, 0.29) is 24.2 Å². The van der Waals surface area contributed by atoms with Crippen LogP contribution in [0.1, 0.15) is 6.42 Å². The number of hydrogen-bond acceptors (Lipinski definition) is 5. The highest BCUT2D eigenvalue weighted by Gasteiger charge is 2.35. The van der Waals surface area contributed by atoms with Crippen molar-refractivity contribution < 1.29 is 23.8 Å². The lowest BCUT2D eigenvalue weighted by Gasteiger charge is -2.22. The Labute approximate surface area is 163 Å². The number of ether oxygens (including phenoxy) is 3. The van der Waals surface area contributed by atoms with E-state index in [2.05, 4.69) is 5.32 Å². The SMILES string of the molecule is O=C(NCCOc1ccccc1)C1CC(=O)N(c2ccc3c(c2)OCCO3)C1. The molecule has 2 amide bonds. The zero-order chi connectivity index (χ0) is 19.3. The van der Waals surface area contributed by atoms with E-state index >= 15 is 0 Å². The maximum absolute atomic E-state index is 12.4. The molecule has 146 valence electrons. The number of nitrogens with zero attached hydrogens (tertiary/aromatic N) is 1. The van der Waals surface area contributed by atoms with Gasteiger partial charge in [-0.05, 0) is 24.3 Å². The first kappa shape index (κ1) is 18.2. The lowest BCUT2D eigenvalue weighted by Crippen LogP contribution is -2.35. The standard InChI is InChI=1S/C21H22N2O5/c24-20-12-15(21(25)22-8-9-26-17-4-2-1-3-5-17)14-23(20)16-6-7-18-19(13-16)28-11-10-27-18/h1-7,13,15H,8-12,14H2,(H,22,25). The highest BCUT2D eigenvalue weighted by molar-refractivity contribution is 6.00. The summed E-state index contributed by atoms with van der Waals surface area (Å²) in [4.78, 5) is 26.5. The Morgan fingerprint density at radius 1 is 1.11 bits per heavy atom. The van der Waals surface area contributed by atoms with E-state index in [1.807, 2.05) is 36.4 Å². The summed E-state index contributed by atoms with van der Waals surface area (Å²) in [5, 5.41) is 2.85. The molecule has 0 spiro atoms. The molecule has 7 heteroatoms. The number of carbonyl (C=O) groups is 2. The number of amides is 2. The zero-order valence-electron chi connectivity index (χ0n) is 15.4. The van der Waals surface area contributed by atoms with Gasteiger partial charge in [-0.1, -0.05) is 18.2 Å². The van der Waals surface area contributed by atoms with Crippen LogP contribution in [0, 0.1) is 5.92 Å². The van der Waals surface area contributed by atoms with Gasteiger partial charge in [-0.25, -0.2) is 0 Å². The van der Waals surface area contributed by atoms with Crippen molar-refractivity contribution in [1.82, 2.24) is 5.32 Å². The van der Waals surface area contributed by atoms with Gasteiger partial charge in [0.25, 0.3) is 0 Å². The molecule has 7 nitrogen and oxygen atoms in total. The normalized spacial score (nSPS) is 18.1. The molecule has 0 radical (unpaired) electrons. The van der Waals surface area contributed by atoms with Gasteiger partial charge in [0.15, 0.2) is 11.5 Å². The first-order valence-electron chi connectivity index (χ1n) is 9.36. The Balaban J connectivity index is 1.29. The van der Waals surface area contributed by atoms with E-state index in [1.165, 1.54) is 0 Å². The number of para-hydroxylation sites is 1. The molecule has 2 aliphatic heterocycles. The zero-order valence-corrected chi connectivity index (χ0v) is 15.4. The molecular formula is C21H22N2O5. The number of nitrogens with one attached hydrogen (secondary N) is 1. The van der Waals surface area contributed by atoms with Gasteiger partial charge in [0, 0.05) is 24.7 Å². The van der Waals surface area contributed by atoms with Crippen molar-refractivity contribution >= 4 is 17.5 Å². The highest BCUT2D eigenvalue weighted by Crippen LogP contribution is 2.35. The Bertz CT molecular complexity index is 855. The summed E-state index contributed by atoms with van der Waals surface area (Å²) in [7, 11) is 0. The topological polar surface area (TPSA) is 77.1 Å². The van der Waals surface area contributed by atoms with Crippen molar-refractivity contribution in [3.63, 3.8) is 0 Å². The summed E-state index contributed by atoms with van der Waals surface area (Å²) in [5.74, 6) is 1.48. The third-order valence-electron chi connectivity index (χ3n) is 4.75. The molecule has 4 rings (SSSR count). The Hall–Kier alpha value is -3.22. The Kier molecular flexibility index (Phi) is 5.32. The molecule has 0 saturated carbocycles. The van der Waals surface area contributed by atoms with Crippen LogP contribution < -0.4 is 24.4 Å². The van der Waals surface area contributed by atoms with Crippen molar-refractivity contribution in [2.75, 3.05) is 37.8 Å². The van der Waals surface area contributed by atoms with Crippen molar-refractivity contribution in [2.24, 2.45) is 5.92 Å². The lowest BCUT2D eigenvalue weighted by molar-refractivity contribution is -0.126. The molecule has 0 bridgehead atoms. The van der Waals surface area contributed by atoms with Gasteiger partial charge in [-0.15, -0.1) is 0 Å². The molecule has 1 atom stereocenters. The van der Waals surface area contributed by atoms with Crippen LogP contribution in [0.3, 0.4) is 0 Å². The van der Waals surface area contributed by atoms with Crippen molar-refractivity contribution in [3.05, 3.63) is 48.5 Å². The molecule has 1 unspecified atom stereocenters. The van der Waals surface area contributed by atoms with E-state index in [0.29, 0.717) is 44.4 Å². The van der Waals surface area contributed by atoms with Gasteiger partial charge in [0.2, 0.25) is 11.8 Å². The minimum Gasteiger partial charge on any atom is -0.492 e. The molecule has 0 aliphatic carbocycles. The van der Waals surface area contributed by atoms with Crippen LogP contribution in [0.25, 0.3) is 0 Å². The fourth-order valence-corrected chi connectivity index (χ4v) is 3.34. The molecule has 2 aromatic carbocycles. The number of benzene rings is 2. The fourth-order valence-electron chi connectivity index (χ4n) is 3.34. The molecule has 1 N–H and O–H groups in total. The number of carbonyl (C=O) groups excluding carboxylic acids is 2. The van der Waals surface area contributed by atoms with Gasteiger partial charge in [0.1, 0.15) is 25.6 Å².